The van der Waals surface area contributed by atoms with Gasteiger partial charge in [-0.25, -0.2) is 0 Å². The molecule has 118 valence electrons. The number of benzene rings is 1. The van der Waals surface area contributed by atoms with Gasteiger partial charge >= 0.3 is 0 Å². The number of hydrogen-bond donors (Lipinski definition) is 0. The van der Waals surface area contributed by atoms with Crippen molar-refractivity contribution in [3.8, 4) is 5.75 Å². The summed E-state index contributed by atoms with van der Waals surface area (Å²) in [4.78, 5) is 4.60. The lowest BCUT2D eigenvalue weighted by atomic mass is 10.0. The highest BCUT2D eigenvalue weighted by molar-refractivity contribution is 5.28. The zero-order chi connectivity index (χ0) is 15.6. The van der Waals surface area contributed by atoms with Crippen molar-refractivity contribution in [2.75, 3.05) is 7.11 Å². The van der Waals surface area contributed by atoms with E-state index in [0.717, 1.165) is 25.0 Å². The molecule has 0 amide bonds. The molecule has 0 N–H and O–H groups in total. The third-order valence-electron chi connectivity index (χ3n) is 4.03. The van der Waals surface area contributed by atoms with Crippen LogP contribution >= 0.6 is 0 Å². The van der Waals surface area contributed by atoms with Crippen molar-refractivity contribution in [3.63, 3.8) is 0 Å². The van der Waals surface area contributed by atoms with Crippen LogP contribution in [-0.2, 0) is 19.3 Å². The Morgan fingerprint density at radius 2 is 1.55 bits per heavy atom. The van der Waals surface area contributed by atoms with Crippen molar-refractivity contribution < 1.29 is 4.74 Å². The Morgan fingerprint density at radius 3 is 2.18 bits per heavy atom. The van der Waals surface area contributed by atoms with Crippen molar-refractivity contribution in [1.29, 1.82) is 0 Å². The van der Waals surface area contributed by atoms with Crippen LogP contribution in [0, 0.1) is 0 Å². The van der Waals surface area contributed by atoms with Gasteiger partial charge in [0.15, 0.2) is 0 Å². The average Bonchev–Trinajstić information content (AvgIpc) is 2.58. The topological polar surface area (TPSA) is 22.1 Å². The molecule has 0 unspecified atom stereocenters. The first-order valence-corrected chi connectivity index (χ1v) is 8.38. The Kier molecular flexibility index (Phi) is 6.95. The third-order valence-corrected chi connectivity index (χ3v) is 4.03. The first-order chi connectivity index (χ1) is 10.8. The van der Waals surface area contributed by atoms with E-state index in [-0.39, 0.29) is 0 Å². The van der Waals surface area contributed by atoms with E-state index in [1.165, 1.54) is 42.5 Å². The quantitative estimate of drug-likeness (QED) is 0.608. The van der Waals surface area contributed by atoms with Gasteiger partial charge < -0.3 is 4.74 Å². The van der Waals surface area contributed by atoms with Gasteiger partial charge in [-0.1, -0.05) is 44.4 Å². The maximum Gasteiger partial charge on any atom is 0.118 e. The molecule has 1 heterocycles. The Morgan fingerprint density at radius 1 is 0.818 bits per heavy atom. The first-order valence-electron chi connectivity index (χ1n) is 8.38. The third kappa shape index (κ3) is 5.51. The van der Waals surface area contributed by atoms with E-state index in [9.17, 15) is 0 Å². The highest BCUT2D eigenvalue weighted by atomic mass is 16.5. The molecule has 0 fully saturated rings. The molecule has 0 atom stereocenters. The Labute approximate surface area is 134 Å². The molecule has 1 aromatic heterocycles. The lowest BCUT2D eigenvalue weighted by Crippen LogP contribution is -1.95. The summed E-state index contributed by atoms with van der Waals surface area (Å²) >= 11 is 0. The number of unbranched alkanes of at least 4 members (excludes halogenated alkanes) is 3. The number of rotatable bonds is 9. The standard InChI is InChI=1S/C20H27NO/c1-3-4-5-6-7-19-13-10-18(16-21-19)9-8-17-11-14-20(22-2)15-12-17/h10-16H,3-9H2,1-2H3. The van der Waals surface area contributed by atoms with Gasteiger partial charge in [-0.05, 0) is 55.0 Å². The minimum absolute atomic E-state index is 0.915. The molecule has 22 heavy (non-hydrogen) atoms. The molecular weight excluding hydrogens is 270 g/mol. The molecule has 0 aliphatic carbocycles. The van der Waals surface area contributed by atoms with Crippen LogP contribution in [0.25, 0.3) is 0 Å². The lowest BCUT2D eigenvalue weighted by Gasteiger charge is -2.05. The normalized spacial score (nSPS) is 10.6. The van der Waals surface area contributed by atoms with Crippen LogP contribution in [0.1, 0.15) is 49.4 Å². The van der Waals surface area contributed by atoms with E-state index < -0.39 is 0 Å². The zero-order valence-corrected chi connectivity index (χ0v) is 13.8. The maximum atomic E-state index is 5.18. The van der Waals surface area contributed by atoms with Crippen LogP contribution in [0.4, 0.5) is 0 Å². The molecule has 2 aromatic rings. The molecular formula is C20H27NO. The molecule has 0 aliphatic rings. The van der Waals surface area contributed by atoms with E-state index in [0.29, 0.717) is 0 Å². The summed E-state index contributed by atoms with van der Waals surface area (Å²) in [5.74, 6) is 0.915. The number of hydrogen-bond acceptors (Lipinski definition) is 2. The summed E-state index contributed by atoms with van der Waals surface area (Å²) in [5.41, 5.74) is 3.88. The monoisotopic (exact) mass is 297 g/mol. The fraction of sp³-hybridized carbons (Fsp3) is 0.450. The molecule has 2 heteroatoms. The number of ether oxygens (including phenoxy) is 1. The minimum Gasteiger partial charge on any atom is -0.497 e. The number of pyridine rings is 1. The summed E-state index contributed by atoms with van der Waals surface area (Å²) in [6.45, 7) is 2.25. The summed E-state index contributed by atoms with van der Waals surface area (Å²) in [6.07, 6.45) is 10.4. The zero-order valence-electron chi connectivity index (χ0n) is 13.8. The number of aromatic nitrogens is 1. The van der Waals surface area contributed by atoms with Crippen molar-refractivity contribution in [1.82, 2.24) is 4.98 Å². The van der Waals surface area contributed by atoms with Crippen molar-refractivity contribution in [2.45, 2.75) is 51.9 Å². The van der Waals surface area contributed by atoms with E-state index >= 15 is 0 Å². The molecule has 2 nitrogen and oxygen atoms in total. The van der Waals surface area contributed by atoms with Gasteiger partial charge in [-0.15, -0.1) is 0 Å². The fourth-order valence-electron chi connectivity index (χ4n) is 2.56. The Hall–Kier alpha value is -1.83. The number of aryl methyl sites for hydroxylation is 3. The molecule has 0 saturated heterocycles. The van der Waals surface area contributed by atoms with E-state index in [4.69, 9.17) is 4.74 Å². The summed E-state index contributed by atoms with van der Waals surface area (Å²) in [5, 5.41) is 0. The second-order valence-corrected chi connectivity index (χ2v) is 5.82. The van der Waals surface area contributed by atoms with Gasteiger partial charge in [0.25, 0.3) is 0 Å². The van der Waals surface area contributed by atoms with Gasteiger partial charge in [0.1, 0.15) is 5.75 Å². The van der Waals surface area contributed by atoms with Crippen LogP contribution in [0.15, 0.2) is 42.6 Å². The Balaban J connectivity index is 1.78. The number of nitrogens with zero attached hydrogens (tertiary/aromatic N) is 1. The molecule has 2 rings (SSSR count). The predicted octanol–water partition coefficient (Wildman–Crippen LogP) is 5.00. The van der Waals surface area contributed by atoms with Crippen LogP contribution in [0.3, 0.4) is 0 Å². The van der Waals surface area contributed by atoms with Crippen molar-refractivity contribution >= 4 is 0 Å². The van der Waals surface area contributed by atoms with Gasteiger partial charge in [-0.2, -0.15) is 0 Å². The molecule has 1 aromatic carbocycles. The molecule has 0 radical (unpaired) electrons. The SMILES string of the molecule is CCCCCCc1ccc(CCc2ccc(OC)cc2)cn1. The van der Waals surface area contributed by atoms with Crippen molar-refractivity contribution in [2.24, 2.45) is 0 Å². The molecule has 0 aliphatic heterocycles. The summed E-state index contributed by atoms with van der Waals surface area (Å²) in [7, 11) is 1.70. The smallest absolute Gasteiger partial charge is 0.118 e. The second-order valence-electron chi connectivity index (χ2n) is 5.82. The van der Waals surface area contributed by atoms with Crippen LogP contribution in [0.2, 0.25) is 0 Å². The van der Waals surface area contributed by atoms with E-state index in [1.807, 2.05) is 18.3 Å². The van der Waals surface area contributed by atoms with E-state index in [2.05, 4.69) is 36.2 Å². The highest BCUT2D eigenvalue weighted by Gasteiger charge is 1.99. The maximum absolute atomic E-state index is 5.18. The lowest BCUT2D eigenvalue weighted by molar-refractivity contribution is 0.414. The van der Waals surface area contributed by atoms with Crippen LogP contribution in [0.5, 0.6) is 5.75 Å². The van der Waals surface area contributed by atoms with Gasteiger partial charge in [0.05, 0.1) is 7.11 Å². The highest BCUT2D eigenvalue weighted by Crippen LogP contribution is 2.14. The Bertz CT molecular complexity index is 531. The second kappa shape index (κ2) is 9.24. The molecule has 0 saturated carbocycles. The summed E-state index contributed by atoms with van der Waals surface area (Å²) in [6, 6.07) is 12.7. The molecule has 0 spiro atoms. The van der Waals surface area contributed by atoms with Gasteiger partial charge in [-0.3, -0.25) is 4.98 Å². The van der Waals surface area contributed by atoms with Gasteiger partial charge in [0.2, 0.25) is 0 Å². The van der Waals surface area contributed by atoms with Gasteiger partial charge in [0, 0.05) is 11.9 Å². The van der Waals surface area contributed by atoms with Crippen molar-refractivity contribution in [3.05, 3.63) is 59.4 Å². The fourth-order valence-corrected chi connectivity index (χ4v) is 2.56. The first kappa shape index (κ1) is 16.5. The largest absolute Gasteiger partial charge is 0.497 e. The van der Waals surface area contributed by atoms with Crippen LogP contribution < -0.4 is 4.74 Å². The number of methoxy groups -OCH3 is 1. The van der Waals surface area contributed by atoms with E-state index in [1.54, 1.807) is 7.11 Å². The van der Waals surface area contributed by atoms with Crippen LogP contribution in [-0.4, -0.2) is 12.1 Å². The minimum atomic E-state index is 0.915. The molecule has 0 bridgehead atoms. The average molecular weight is 297 g/mol. The predicted molar refractivity (Wildman–Crippen MR) is 92.5 cm³/mol. The summed E-state index contributed by atoms with van der Waals surface area (Å²) < 4.78 is 5.18.